The van der Waals surface area contributed by atoms with Gasteiger partial charge in [-0.15, -0.1) is 10.9 Å². The largest absolute Gasteiger partial charge is 0.527 e. The molecule has 2 aromatic rings. The minimum absolute atomic E-state index is 0.00498. The molecule has 3 rings (SSSR count). The topological polar surface area (TPSA) is 164 Å². The number of nitrogen functional groups attached to an aromatic ring is 1. The highest BCUT2D eigenvalue weighted by atomic mass is 31.1. The molecule has 0 aromatic carbocycles. The maximum Gasteiger partial charge on any atom is 0.527 e. The van der Waals surface area contributed by atoms with Crippen LogP contribution < -0.4 is 11.1 Å². The predicted molar refractivity (Wildman–Crippen MR) is 119 cm³/mol. The molecule has 0 saturated carbocycles. The number of ether oxygens (including phenoxy) is 2. The third kappa shape index (κ3) is 5.01. The zero-order valence-corrected chi connectivity index (χ0v) is 20.1. The van der Waals surface area contributed by atoms with Crippen molar-refractivity contribution in [2.45, 2.75) is 63.4 Å². The first-order valence-corrected chi connectivity index (χ1v) is 11.7. The number of aliphatic hydroxyl groups is 1. The zero-order chi connectivity index (χ0) is 25.3. The molecule has 2 unspecified atom stereocenters. The third-order valence-corrected chi connectivity index (χ3v) is 6.51. The molecule has 0 bridgehead atoms. The first-order chi connectivity index (χ1) is 15.9. The van der Waals surface area contributed by atoms with Crippen LogP contribution in [-0.2, 0) is 23.4 Å². The molecule has 12 nitrogen and oxygen atoms in total. The predicted octanol–water partition coefficient (Wildman–Crippen LogP) is 1.24. The molecule has 1 aliphatic heterocycles. The van der Waals surface area contributed by atoms with Crippen molar-refractivity contribution < 1.29 is 32.9 Å². The average Bonchev–Trinajstić information content (AvgIpc) is 3.33. The Morgan fingerprint density at radius 3 is 2.94 bits per heavy atom. The highest BCUT2D eigenvalue weighted by Gasteiger charge is 2.51. The molecule has 1 aliphatic rings. The summed E-state index contributed by atoms with van der Waals surface area (Å²) >= 11 is 0. The molecular formula is C20H27FN6O6P+. The van der Waals surface area contributed by atoms with E-state index in [0.717, 1.165) is 0 Å². The number of nitrogens with two attached hydrogens (primary N) is 1. The van der Waals surface area contributed by atoms with Crippen molar-refractivity contribution in [2.24, 2.45) is 0 Å². The quantitative estimate of drug-likeness (QED) is 0.198. The lowest BCUT2D eigenvalue weighted by atomic mass is 9.99. The number of aromatic nitrogens is 4. The standard InChI is InChI=1S/C20H27FN6O6P/c1-6-20(9-32-34(30)11(3)26-19(4,5)17(29)31-7-2)12(28)8-13(33-20)27-10-23-14-15(22)24-18(21)25-16(14)27/h1,10-13,26,28H,7-9H2,2-5H3,(H2,22,24,25)/q+1/t11?,12-,13+,20+/m0/s1. The SMILES string of the molecule is C#C[C@]1(CO[P+](=O)C(C)NC(C)(C)C(=O)OCC)O[C@@H](n2cnc3c(N)nc(F)nc32)C[C@@H]1O. The Labute approximate surface area is 196 Å². The summed E-state index contributed by atoms with van der Waals surface area (Å²) in [4.78, 5) is 23.3. The van der Waals surface area contributed by atoms with E-state index in [0.29, 0.717) is 0 Å². The summed E-state index contributed by atoms with van der Waals surface area (Å²) in [5.74, 6) is 0.984. The number of fused-ring (bicyclic) bond motifs is 1. The van der Waals surface area contributed by atoms with Gasteiger partial charge in [-0.1, -0.05) is 5.92 Å². The first-order valence-electron chi connectivity index (χ1n) is 10.5. The summed E-state index contributed by atoms with van der Waals surface area (Å²) in [6.45, 7) is 6.26. The van der Waals surface area contributed by atoms with Crippen molar-refractivity contribution in [1.29, 1.82) is 0 Å². The summed E-state index contributed by atoms with van der Waals surface area (Å²) in [7, 11) is -2.37. The fourth-order valence-corrected chi connectivity index (χ4v) is 4.53. The van der Waals surface area contributed by atoms with Gasteiger partial charge in [-0.2, -0.15) is 14.4 Å². The van der Waals surface area contributed by atoms with Gasteiger partial charge >= 0.3 is 20.1 Å². The van der Waals surface area contributed by atoms with Gasteiger partial charge in [-0.05, 0) is 32.3 Å². The lowest BCUT2D eigenvalue weighted by molar-refractivity contribution is -0.149. The molecule has 4 N–H and O–H groups in total. The number of nitrogens with zero attached hydrogens (tertiary/aromatic N) is 4. The van der Waals surface area contributed by atoms with Gasteiger partial charge in [0.1, 0.15) is 24.5 Å². The summed E-state index contributed by atoms with van der Waals surface area (Å²) in [6, 6.07) is 0. The van der Waals surface area contributed by atoms with Crippen molar-refractivity contribution in [3.63, 3.8) is 0 Å². The summed E-state index contributed by atoms with van der Waals surface area (Å²) in [5, 5.41) is 13.6. The number of hydrogen-bond donors (Lipinski definition) is 3. The highest BCUT2D eigenvalue weighted by molar-refractivity contribution is 7.39. The fraction of sp³-hybridized carbons (Fsp3) is 0.600. The number of halogens is 1. The number of nitrogens with one attached hydrogen (secondary N) is 1. The van der Waals surface area contributed by atoms with Crippen LogP contribution in [0.2, 0.25) is 0 Å². The number of anilines is 1. The van der Waals surface area contributed by atoms with E-state index in [4.69, 9.17) is 26.2 Å². The monoisotopic (exact) mass is 497 g/mol. The average molecular weight is 497 g/mol. The van der Waals surface area contributed by atoms with E-state index in [1.54, 1.807) is 27.7 Å². The van der Waals surface area contributed by atoms with E-state index >= 15 is 0 Å². The van der Waals surface area contributed by atoms with Crippen LogP contribution in [0.1, 0.15) is 40.3 Å². The molecule has 0 amide bonds. The zero-order valence-electron chi connectivity index (χ0n) is 19.2. The van der Waals surface area contributed by atoms with Crippen LogP contribution in [0.4, 0.5) is 10.2 Å². The maximum absolute atomic E-state index is 13.7. The first kappa shape index (κ1) is 25.9. The Morgan fingerprint density at radius 1 is 1.59 bits per heavy atom. The Hall–Kier alpha value is -2.75. The second-order valence-corrected chi connectivity index (χ2v) is 9.89. The van der Waals surface area contributed by atoms with E-state index in [1.807, 2.05) is 0 Å². The third-order valence-electron chi connectivity index (χ3n) is 5.36. The lowest BCUT2D eigenvalue weighted by Gasteiger charge is -2.25. The van der Waals surface area contributed by atoms with Gasteiger partial charge in [0.2, 0.25) is 5.78 Å². The van der Waals surface area contributed by atoms with Crippen molar-refractivity contribution in [1.82, 2.24) is 24.8 Å². The number of carbonyl (C=O) groups excluding carboxylic acids is 1. The fourth-order valence-electron chi connectivity index (χ4n) is 3.56. The maximum atomic E-state index is 13.7. The minimum Gasteiger partial charge on any atom is -0.465 e. The molecule has 184 valence electrons. The molecule has 3 heterocycles. The lowest BCUT2D eigenvalue weighted by Crippen LogP contribution is -2.51. The number of terminal acetylenes is 1. The van der Waals surface area contributed by atoms with E-state index in [9.17, 15) is 18.9 Å². The molecule has 2 aromatic heterocycles. The number of imidazole rings is 1. The molecule has 5 atom stereocenters. The highest BCUT2D eigenvalue weighted by Crippen LogP contribution is 2.40. The number of aliphatic hydroxyl groups excluding tert-OH is 1. The van der Waals surface area contributed by atoms with Gasteiger partial charge in [0.15, 0.2) is 22.6 Å². The van der Waals surface area contributed by atoms with E-state index in [1.165, 1.54) is 10.9 Å². The molecule has 1 fully saturated rings. The van der Waals surface area contributed by atoms with Crippen LogP contribution in [0.5, 0.6) is 0 Å². The van der Waals surface area contributed by atoms with Crippen LogP contribution in [-0.4, -0.2) is 66.8 Å². The van der Waals surface area contributed by atoms with Crippen molar-refractivity contribution in [3.8, 4) is 12.3 Å². The number of esters is 1. The Balaban J connectivity index is 1.70. The Bertz CT molecular complexity index is 1140. The number of rotatable bonds is 9. The molecular weight excluding hydrogens is 470 g/mol. The van der Waals surface area contributed by atoms with E-state index < -0.39 is 55.9 Å². The molecule has 0 aliphatic carbocycles. The molecule has 0 spiro atoms. The Kier molecular flexibility index (Phi) is 7.50. The van der Waals surface area contributed by atoms with Gasteiger partial charge < -0.3 is 20.3 Å². The molecule has 1 saturated heterocycles. The van der Waals surface area contributed by atoms with Crippen molar-refractivity contribution in [3.05, 3.63) is 12.4 Å². The number of carbonyl (C=O) groups is 1. The molecule has 0 radical (unpaired) electrons. The van der Waals surface area contributed by atoms with Crippen molar-refractivity contribution >= 4 is 31.0 Å². The summed E-state index contributed by atoms with van der Waals surface area (Å²) < 4.78 is 44.1. The molecule has 34 heavy (non-hydrogen) atoms. The number of hydrogen-bond acceptors (Lipinski definition) is 11. The normalized spacial score (nSPS) is 24.1. The summed E-state index contributed by atoms with van der Waals surface area (Å²) in [6.07, 6.45) is 3.87. The van der Waals surface area contributed by atoms with E-state index in [-0.39, 0.29) is 30.0 Å². The van der Waals surface area contributed by atoms with Crippen molar-refractivity contribution in [2.75, 3.05) is 18.9 Å². The van der Waals surface area contributed by atoms with Gasteiger partial charge in [-0.25, -0.2) is 4.98 Å². The van der Waals surface area contributed by atoms with Gasteiger partial charge in [0, 0.05) is 6.42 Å². The Morgan fingerprint density at radius 2 is 2.29 bits per heavy atom. The summed E-state index contributed by atoms with van der Waals surface area (Å²) in [5.41, 5.74) is 3.18. The van der Waals surface area contributed by atoms with Crippen LogP contribution in [0.25, 0.3) is 11.2 Å². The van der Waals surface area contributed by atoms with E-state index in [2.05, 4.69) is 26.2 Å². The second-order valence-electron chi connectivity index (χ2n) is 8.28. The van der Waals surface area contributed by atoms with Crippen LogP contribution in [0.15, 0.2) is 6.33 Å². The van der Waals surface area contributed by atoms with Gasteiger partial charge in [-0.3, -0.25) is 14.7 Å². The second kappa shape index (κ2) is 9.85. The smallest absolute Gasteiger partial charge is 0.465 e. The van der Waals surface area contributed by atoms with Crippen LogP contribution >= 0.6 is 8.03 Å². The molecule has 14 heteroatoms. The van der Waals surface area contributed by atoms with Gasteiger partial charge in [0.05, 0.1) is 12.9 Å². The van der Waals surface area contributed by atoms with Crippen LogP contribution in [0, 0.1) is 18.4 Å². The minimum atomic E-state index is -2.37. The van der Waals surface area contributed by atoms with Crippen LogP contribution in [0.3, 0.4) is 0 Å². The van der Waals surface area contributed by atoms with Gasteiger partial charge in [0.25, 0.3) is 0 Å².